The molecule has 2 aliphatic carbocycles. The van der Waals surface area contributed by atoms with E-state index in [9.17, 15) is 5.11 Å². The van der Waals surface area contributed by atoms with Gasteiger partial charge in [-0.1, -0.05) is 71.6 Å². The molecule has 0 aromatic heterocycles. The first kappa shape index (κ1) is 18.3. The van der Waals surface area contributed by atoms with Crippen LogP contribution in [0.5, 0.6) is 0 Å². The summed E-state index contributed by atoms with van der Waals surface area (Å²) in [6, 6.07) is 0. The van der Waals surface area contributed by atoms with Gasteiger partial charge in [-0.2, -0.15) is 0 Å². The van der Waals surface area contributed by atoms with Crippen molar-refractivity contribution in [3.05, 3.63) is 0 Å². The summed E-state index contributed by atoms with van der Waals surface area (Å²) < 4.78 is 0. The molecular weight excluding hydrogens is 268 g/mol. The molecule has 1 nitrogen and oxygen atoms in total. The molecule has 0 spiro atoms. The van der Waals surface area contributed by atoms with E-state index in [0.717, 1.165) is 12.3 Å². The third-order valence-corrected chi connectivity index (χ3v) is 6.71. The Balaban J connectivity index is 1.96. The van der Waals surface area contributed by atoms with Gasteiger partial charge < -0.3 is 5.11 Å². The molecule has 2 fully saturated rings. The Hall–Kier alpha value is -0.0400. The van der Waals surface area contributed by atoms with E-state index in [1.165, 1.54) is 89.9 Å². The molecule has 0 amide bonds. The van der Waals surface area contributed by atoms with Gasteiger partial charge in [-0.3, -0.25) is 0 Å². The molecule has 1 N–H and O–H groups in total. The first-order chi connectivity index (χ1) is 10.7. The fourth-order valence-electron chi connectivity index (χ4n) is 5.12. The smallest absolute Gasteiger partial charge is 0.0703 e. The minimum Gasteiger partial charge on any atom is -0.389 e. The average Bonchev–Trinajstić information content (AvgIpc) is 2.59. The molecule has 0 radical (unpaired) electrons. The average molecular weight is 309 g/mol. The lowest BCUT2D eigenvalue weighted by atomic mass is 9.64. The van der Waals surface area contributed by atoms with Crippen molar-refractivity contribution in [1.82, 2.24) is 0 Å². The van der Waals surface area contributed by atoms with Gasteiger partial charge in [0.05, 0.1) is 5.60 Å². The van der Waals surface area contributed by atoms with Crippen molar-refractivity contribution in [3.63, 3.8) is 0 Å². The number of aliphatic hydroxyl groups is 1. The maximum absolute atomic E-state index is 11.7. The molecule has 1 unspecified atom stereocenters. The van der Waals surface area contributed by atoms with Crippen molar-refractivity contribution < 1.29 is 5.11 Å². The van der Waals surface area contributed by atoms with Gasteiger partial charge in [0.2, 0.25) is 0 Å². The lowest BCUT2D eigenvalue weighted by molar-refractivity contribution is -0.101. The predicted molar refractivity (Wildman–Crippen MR) is 96.0 cm³/mol. The second-order valence-corrected chi connectivity index (χ2v) is 8.45. The SMILES string of the molecule is CCCCC(C)CCC(O)(C1CCCCC1)C1CCCCC1. The second-order valence-electron chi connectivity index (χ2n) is 8.45. The second kappa shape index (κ2) is 9.30. The molecule has 0 heterocycles. The van der Waals surface area contributed by atoms with Crippen LogP contribution in [-0.4, -0.2) is 10.7 Å². The molecule has 0 saturated heterocycles. The summed E-state index contributed by atoms with van der Waals surface area (Å²) in [7, 11) is 0. The van der Waals surface area contributed by atoms with Gasteiger partial charge in [0.15, 0.2) is 0 Å². The largest absolute Gasteiger partial charge is 0.389 e. The van der Waals surface area contributed by atoms with E-state index in [1.54, 1.807) is 0 Å². The Kier molecular flexibility index (Phi) is 7.74. The lowest BCUT2D eigenvalue weighted by Crippen LogP contribution is -2.47. The van der Waals surface area contributed by atoms with Crippen LogP contribution in [0, 0.1) is 17.8 Å². The van der Waals surface area contributed by atoms with E-state index in [0.29, 0.717) is 11.8 Å². The molecule has 2 rings (SSSR count). The van der Waals surface area contributed by atoms with Gasteiger partial charge in [-0.25, -0.2) is 0 Å². The Morgan fingerprint density at radius 1 is 0.864 bits per heavy atom. The zero-order valence-electron chi connectivity index (χ0n) is 15.3. The maximum atomic E-state index is 11.7. The highest BCUT2D eigenvalue weighted by atomic mass is 16.3. The first-order valence-corrected chi connectivity index (χ1v) is 10.4. The Bertz CT molecular complexity index is 268. The molecule has 0 aliphatic heterocycles. The summed E-state index contributed by atoms with van der Waals surface area (Å²) in [5, 5.41) is 11.7. The van der Waals surface area contributed by atoms with Crippen molar-refractivity contribution in [2.75, 3.05) is 0 Å². The van der Waals surface area contributed by atoms with Gasteiger partial charge in [-0.05, 0) is 56.3 Å². The molecule has 2 aliphatic rings. The molecule has 0 aromatic rings. The fourth-order valence-corrected chi connectivity index (χ4v) is 5.12. The highest BCUT2D eigenvalue weighted by molar-refractivity contribution is 4.95. The fraction of sp³-hybridized carbons (Fsp3) is 1.00. The highest BCUT2D eigenvalue weighted by Crippen LogP contribution is 2.45. The molecule has 22 heavy (non-hydrogen) atoms. The van der Waals surface area contributed by atoms with Crippen LogP contribution in [0.25, 0.3) is 0 Å². The zero-order chi connectivity index (χ0) is 15.8. The minimum atomic E-state index is -0.332. The van der Waals surface area contributed by atoms with E-state index < -0.39 is 0 Å². The van der Waals surface area contributed by atoms with Crippen molar-refractivity contribution in [3.8, 4) is 0 Å². The van der Waals surface area contributed by atoms with Crippen LogP contribution in [-0.2, 0) is 0 Å². The molecule has 2 saturated carbocycles. The van der Waals surface area contributed by atoms with Crippen LogP contribution in [0.2, 0.25) is 0 Å². The first-order valence-electron chi connectivity index (χ1n) is 10.4. The Labute approximate surface area is 139 Å². The number of hydrogen-bond donors (Lipinski definition) is 1. The summed E-state index contributed by atoms with van der Waals surface area (Å²) in [5.41, 5.74) is -0.332. The van der Waals surface area contributed by atoms with Crippen LogP contribution < -0.4 is 0 Å². The summed E-state index contributed by atoms with van der Waals surface area (Å²) in [6.45, 7) is 4.69. The van der Waals surface area contributed by atoms with Crippen LogP contribution in [0.1, 0.15) is 110 Å². The molecule has 1 atom stereocenters. The Morgan fingerprint density at radius 2 is 1.36 bits per heavy atom. The number of unbranched alkanes of at least 4 members (excludes halogenated alkanes) is 1. The summed E-state index contributed by atoms with van der Waals surface area (Å²) >= 11 is 0. The minimum absolute atomic E-state index is 0.332. The van der Waals surface area contributed by atoms with E-state index in [2.05, 4.69) is 13.8 Å². The summed E-state index contributed by atoms with van der Waals surface area (Å²) in [5.74, 6) is 1.99. The summed E-state index contributed by atoms with van der Waals surface area (Å²) in [6.07, 6.45) is 19.7. The third kappa shape index (κ3) is 4.98. The number of rotatable bonds is 8. The van der Waals surface area contributed by atoms with Crippen LogP contribution in [0.4, 0.5) is 0 Å². The highest BCUT2D eigenvalue weighted by Gasteiger charge is 2.43. The standard InChI is InChI=1S/C21H40O/c1-3-4-11-18(2)16-17-21(22,19-12-7-5-8-13-19)20-14-9-6-10-15-20/h18-20,22H,3-17H2,1-2H3. The lowest BCUT2D eigenvalue weighted by Gasteiger charge is -2.46. The maximum Gasteiger partial charge on any atom is 0.0703 e. The molecule has 1 heteroatoms. The van der Waals surface area contributed by atoms with E-state index in [4.69, 9.17) is 0 Å². The molecule has 130 valence electrons. The monoisotopic (exact) mass is 308 g/mol. The molecule has 0 bridgehead atoms. The van der Waals surface area contributed by atoms with E-state index in [-0.39, 0.29) is 5.60 Å². The van der Waals surface area contributed by atoms with Crippen molar-refractivity contribution >= 4 is 0 Å². The number of hydrogen-bond acceptors (Lipinski definition) is 1. The van der Waals surface area contributed by atoms with E-state index >= 15 is 0 Å². The quantitative estimate of drug-likeness (QED) is 0.543. The van der Waals surface area contributed by atoms with E-state index in [1.807, 2.05) is 0 Å². The third-order valence-electron chi connectivity index (χ3n) is 6.71. The van der Waals surface area contributed by atoms with Gasteiger partial charge in [-0.15, -0.1) is 0 Å². The normalized spacial score (nSPS) is 23.6. The topological polar surface area (TPSA) is 20.2 Å². The Morgan fingerprint density at radius 3 is 1.82 bits per heavy atom. The zero-order valence-corrected chi connectivity index (χ0v) is 15.3. The van der Waals surface area contributed by atoms with Crippen molar-refractivity contribution in [2.24, 2.45) is 17.8 Å². The van der Waals surface area contributed by atoms with Crippen molar-refractivity contribution in [2.45, 2.75) is 116 Å². The summed E-state index contributed by atoms with van der Waals surface area (Å²) in [4.78, 5) is 0. The van der Waals surface area contributed by atoms with Crippen LogP contribution in [0.15, 0.2) is 0 Å². The van der Waals surface area contributed by atoms with Crippen molar-refractivity contribution in [1.29, 1.82) is 0 Å². The van der Waals surface area contributed by atoms with Crippen LogP contribution in [0.3, 0.4) is 0 Å². The van der Waals surface area contributed by atoms with Crippen LogP contribution >= 0.6 is 0 Å². The van der Waals surface area contributed by atoms with Gasteiger partial charge in [0, 0.05) is 0 Å². The van der Waals surface area contributed by atoms with Gasteiger partial charge in [0.1, 0.15) is 0 Å². The van der Waals surface area contributed by atoms with Gasteiger partial charge in [0.25, 0.3) is 0 Å². The molecular formula is C21H40O. The molecule has 0 aromatic carbocycles. The predicted octanol–water partition coefficient (Wildman–Crippen LogP) is 6.48. The van der Waals surface area contributed by atoms with Gasteiger partial charge >= 0.3 is 0 Å².